The van der Waals surface area contributed by atoms with Gasteiger partial charge in [-0.15, -0.1) is 0 Å². The molecule has 0 saturated heterocycles. The predicted molar refractivity (Wildman–Crippen MR) is 57.5 cm³/mol. The van der Waals surface area contributed by atoms with E-state index in [2.05, 4.69) is 20.8 Å². The summed E-state index contributed by atoms with van der Waals surface area (Å²) in [6.07, 6.45) is 0. The smallest absolute Gasteiger partial charge is 0.123 e. The molecule has 1 nitrogen and oxygen atoms in total. The molecule has 1 rings (SSSR count). The van der Waals surface area contributed by atoms with Gasteiger partial charge in [0.05, 0.1) is 0 Å². The molecule has 0 aliphatic carbocycles. The molecule has 0 aliphatic heterocycles. The molecule has 1 aromatic carbocycles. The van der Waals surface area contributed by atoms with Gasteiger partial charge in [0, 0.05) is 6.04 Å². The summed E-state index contributed by atoms with van der Waals surface area (Å²) in [4.78, 5) is 0. The molecule has 0 heterocycles. The first-order chi connectivity index (χ1) is 6.32. The van der Waals surface area contributed by atoms with Crippen molar-refractivity contribution in [3.05, 3.63) is 35.1 Å². The Hall–Kier alpha value is -0.890. The molecular weight excluding hydrogens is 177 g/mol. The van der Waals surface area contributed by atoms with Crippen molar-refractivity contribution in [2.75, 3.05) is 0 Å². The normalized spacial score (nSPS) is 14.1. The SMILES string of the molecule is Cc1cc(F)ccc1[C@@H](N)C(C)(C)C. The molecule has 0 saturated carbocycles. The molecule has 0 bridgehead atoms. The fraction of sp³-hybridized carbons (Fsp3) is 0.500. The highest BCUT2D eigenvalue weighted by Crippen LogP contribution is 2.32. The number of halogens is 1. The van der Waals surface area contributed by atoms with Crippen molar-refractivity contribution >= 4 is 0 Å². The Morgan fingerprint density at radius 3 is 2.29 bits per heavy atom. The molecular formula is C12H18FN. The number of rotatable bonds is 1. The zero-order chi connectivity index (χ0) is 10.9. The summed E-state index contributed by atoms with van der Waals surface area (Å²) in [5.74, 6) is -0.202. The largest absolute Gasteiger partial charge is 0.324 e. The van der Waals surface area contributed by atoms with E-state index >= 15 is 0 Å². The summed E-state index contributed by atoms with van der Waals surface area (Å²) >= 11 is 0. The summed E-state index contributed by atoms with van der Waals surface area (Å²) in [5.41, 5.74) is 8.05. The minimum atomic E-state index is -0.202. The van der Waals surface area contributed by atoms with Crippen molar-refractivity contribution < 1.29 is 4.39 Å². The van der Waals surface area contributed by atoms with Crippen LogP contribution in [0.5, 0.6) is 0 Å². The highest BCUT2D eigenvalue weighted by molar-refractivity contribution is 5.30. The molecule has 0 unspecified atom stereocenters. The van der Waals surface area contributed by atoms with Gasteiger partial charge in [-0.05, 0) is 35.6 Å². The van der Waals surface area contributed by atoms with Crippen LogP contribution in [0.15, 0.2) is 18.2 Å². The maximum Gasteiger partial charge on any atom is 0.123 e. The number of hydrogen-bond donors (Lipinski definition) is 1. The molecule has 0 radical (unpaired) electrons. The Labute approximate surface area is 85.1 Å². The Balaban J connectivity index is 3.08. The van der Waals surface area contributed by atoms with Gasteiger partial charge in [-0.2, -0.15) is 0 Å². The lowest BCUT2D eigenvalue weighted by Gasteiger charge is -2.28. The highest BCUT2D eigenvalue weighted by atomic mass is 19.1. The number of hydrogen-bond acceptors (Lipinski definition) is 1. The third-order valence-corrected chi connectivity index (χ3v) is 2.50. The molecule has 2 N–H and O–H groups in total. The van der Waals surface area contributed by atoms with Crippen LogP contribution in [0.4, 0.5) is 4.39 Å². The third kappa shape index (κ3) is 2.32. The lowest BCUT2D eigenvalue weighted by molar-refractivity contribution is 0.326. The topological polar surface area (TPSA) is 26.0 Å². The van der Waals surface area contributed by atoms with E-state index in [1.54, 1.807) is 6.07 Å². The van der Waals surface area contributed by atoms with Crippen molar-refractivity contribution in [3.63, 3.8) is 0 Å². The van der Waals surface area contributed by atoms with Crippen LogP contribution in [0.3, 0.4) is 0 Å². The summed E-state index contributed by atoms with van der Waals surface area (Å²) in [7, 11) is 0. The minimum absolute atomic E-state index is 0.00257. The van der Waals surface area contributed by atoms with Gasteiger partial charge in [0.1, 0.15) is 5.82 Å². The summed E-state index contributed by atoms with van der Waals surface area (Å²) in [6, 6.07) is 4.72. The molecule has 0 aromatic heterocycles. The maximum absolute atomic E-state index is 12.9. The van der Waals surface area contributed by atoms with E-state index in [4.69, 9.17) is 5.73 Å². The number of nitrogens with two attached hydrogens (primary N) is 1. The minimum Gasteiger partial charge on any atom is -0.324 e. The summed E-state index contributed by atoms with van der Waals surface area (Å²) in [6.45, 7) is 8.14. The van der Waals surface area contributed by atoms with Crippen molar-refractivity contribution in [2.45, 2.75) is 33.7 Å². The molecule has 0 fully saturated rings. The Morgan fingerprint density at radius 1 is 1.29 bits per heavy atom. The first kappa shape index (κ1) is 11.2. The monoisotopic (exact) mass is 195 g/mol. The summed E-state index contributed by atoms with van der Waals surface area (Å²) < 4.78 is 12.9. The lowest BCUT2D eigenvalue weighted by atomic mass is 9.81. The second-order valence-electron chi connectivity index (χ2n) is 4.84. The van der Waals surface area contributed by atoms with Crippen molar-refractivity contribution in [1.82, 2.24) is 0 Å². The van der Waals surface area contributed by atoms with Gasteiger partial charge in [-0.3, -0.25) is 0 Å². The third-order valence-electron chi connectivity index (χ3n) is 2.50. The van der Waals surface area contributed by atoms with Gasteiger partial charge in [0.2, 0.25) is 0 Å². The van der Waals surface area contributed by atoms with Gasteiger partial charge in [0.25, 0.3) is 0 Å². The predicted octanol–water partition coefficient (Wildman–Crippen LogP) is 3.18. The quantitative estimate of drug-likeness (QED) is 0.731. The van der Waals surface area contributed by atoms with Gasteiger partial charge in [-0.25, -0.2) is 4.39 Å². The molecule has 2 heteroatoms. The average Bonchev–Trinajstić information content (AvgIpc) is 2.01. The fourth-order valence-electron chi connectivity index (χ4n) is 1.45. The van der Waals surface area contributed by atoms with E-state index in [0.717, 1.165) is 11.1 Å². The van der Waals surface area contributed by atoms with Crippen LogP contribution in [-0.4, -0.2) is 0 Å². The van der Waals surface area contributed by atoms with E-state index in [1.165, 1.54) is 12.1 Å². The maximum atomic E-state index is 12.9. The van der Waals surface area contributed by atoms with Crippen molar-refractivity contribution in [2.24, 2.45) is 11.1 Å². The number of aryl methyl sites for hydroxylation is 1. The molecule has 1 atom stereocenters. The second kappa shape index (κ2) is 3.70. The molecule has 14 heavy (non-hydrogen) atoms. The lowest BCUT2D eigenvalue weighted by Crippen LogP contribution is -2.26. The van der Waals surface area contributed by atoms with Crippen LogP contribution >= 0.6 is 0 Å². The van der Waals surface area contributed by atoms with Crippen LogP contribution < -0.4 is 5.73 Å². The van der Waals surface area contributed by atoms with Crippen molar-refractivity contribution in [1.29, 1.82) is 0 Å². The number of benzene rings is 1. The fourth-order valence-corrected chi connectivity index (χ4v) is 1.45. The van der Waals surface area contributed by atoms with Crippen LogP contribution in [0.2, 0.25) is 0 Å². The summed E-state index contributed by atoms with van der Waals surface area (Å²) in [5, 5.41) is 0. The van der Waals surface area contributed by atoms with Crippen LogP contribution in [0.1, 0.15) is 37.9 Å². The van der Waals surface area contributed by atoms with Gasteiger partial charge < -0.3 is 5.73 Å². The average molecular weight is 195 g/mol. The van der Waals surface area contributed by atoms with E-state index in [0.29, 0.717) is 0 Å². The molecule has 78 valence electrons. The Kier molecular flexibility index (Phi) is 2.95. The zero-order valence-corrected chi connectivity index (χ0v) is 9.26. The van der Waals surface area contributed by atoms with E-state index < -0.39 is 0 Å². The van der Waals surface area contributed by atoms with Crippen LogP contribution in [-0.2, 0) is 0 Å². The second-order valence-corrected chi connectivity index (χ2v) is 4.84. The zero-order valence-electron chi connectivity index (χ0n) is 9.26. The standard InChI is InChI=1S/C12H18FN/c1-8-7-9(13)5-6-10(8)11(14)12(2,3)4/h5-7,11H,14H2,1-4H3/t11-/m1/s1. The van der Waals surface area contributed by atoms with E-state index in [-0.39, 0.29) is 17.3 Å². The van der Waals surface area contributed by atoms with Crippen LogP contribution in [0, 0.1) is 18.2 Å². The van der Waals surface area contributed by atoms with Gasteiger partial charge >= 0.3 is 0 Å². The Bertz CT molecular complexity index is 326. The highest BCUT2D eigenvalue weighted by Gasteiger charge is 2.23. The first-order valence-electron chi connectivity index (χ1n) is 4.84. The molecule has 0 aliphatic rings. The molecule has 1 aromatic rings. The van der Waals surface area contributed by atoms with E-state index in [1.807, 2.05) is 6.92 Å². The molecule has 0 spiro atoms. The Morgan fingerprint density at radius 2 is 1.86 bits per heavy atom. The first-order valence-corrected chi connectivity index (χ1v) is 4.84. The van der Waals surface area contributed by atoms with Crippen LogP contribution in [0.25, 0.3) is 0 Å². The van der Waals surface area contributed by atoms with Gasteiger partial charge in [-0.1, -0.05) is 26.8 Å². The van der Waals surface area contributed by atoms with E-state index in [9.17, 15) is 4.39 Å². The van der Waals surface area contributed by atoms with Crippen molar-refractivity contribution in [3.8, 4) is 0 Å². The molecule has 0 amide bonds. The van der Waals surface area contributed by atoms with Gasteiger partial charge in [0.15, 0.2) is 0 Å².